The van der Waals surface area contributed by atoms with Crippen LogP contribution in [0.1, 0.15) is 11.6 Å². The maximum atomic E-state index is 12.9. The molecule has 0 spiro atoms. The van der Waals surface area contributed by atoms with E-state index < -0.39 is 23.7 Å². The van der Waals surface area contributed by atoms with Crippen LogP contribution in [0, 0.1) is 0 Å². The van der Waals surface area contributed by atoms with E-state index in [2.05, 4.69) is 15.9 Å². The average Bonchev–Trinajstić information content (AvgIpc) is 2.19. The van der Waals surface area contributed by atoms with E-state index in [-0.39, 0.29) is 22.6 Å². The van der Waals surface area contributed by atoms with Gasteiger partial charge in [-0.1, -0.05) is 6.07 Å². The predicted octanol–water partition coefficient (Wildman–Crippen LogP) is 3.77. The average molecular weight is 357 g/mol. The van der Waals surface area contributed by atoms with Gasteiger partial charge in [0.1, 0.15) is 11.8 Å². The minimum atomic E-state index is -5.73. The van der Waals surface area contributed by atoms with Crippen LogP contribution in [0.4, 0.5) is 22.0 Å². The van der Waals surface area contributed by atoms with Crippen molar-refractivity contribution in [2.24, 2.45) is 5.73 Å². The van der Waals surface area contributed by atoms with Gasteiger partial charge in [-0.25, -0.2) is 0 Å². The van der Waals surface area contributed by atoms with Gasteiger partial charge < -0.3 is 10.8 Å². The third-order valence-electron chi connectivity index (χ3n) is 2.10. The Morgan fingerprint density at radius 1 is 1.17 bits per heavy atom. The van der Waals surface area contributed by atoms with Crippen molar-refractivity contribution in [2.45, 2.75) is 18.1 Å². The molecule has 0 aliphatic carbocycles. The molecule has 0 aliphatic rings. The molecule has 0 heterocycles. The molecule has 0 aliphatic heterocycles. The monoisotopic (exact) mass is 355 g/mol. The molecule has 0 saturated heterocycles. The number of nitrogens with two attached hydrogens (primary N) is 1. The summed E-state index contributed by atoms with van der Waals surface area (Å²) in [5, 5.41) is 9.09. The van der Waals surface area contributed by atoms with Crippen molar-refractivity contribution in [3.8, 4) is 5.75 Å². The number of phenols is 1. The summed E-state index contributed by atoms with van der Waals surface area (Å²) in [5.74, 6) is -5.32. The second-order valence-electron chi connectivity index (χ2n) is 3.31. The Hall–Kier alpha value is -0.600. The molecule has 0 radical (unpaired) electrons. The van der Waals surface area contributed by atoms with E-state index in [0.29, 0.717) is 0 Å². The number of rotatable bonds is 2. The number of phenolic OH excluding ortho intramolecular Hbond substituents is 1. The Labute approximate surface area is 114 Å². The quantitative estimate of drug-likeness (QED) is 0.792. The lowest BCUT2D eigenvalue weighted by molar-refractivity contribution is -0.291. The third kappa shape index (κ3) is 3.24. The van der Waals surface area contributed by atoms with Crippen LogP contribution >= 0.6 is 28.3 Å². The summed E-state index contributed by atoms with van der Waals surface area (Å²) in [4.78, 5) is 0. The molecule has 1 rings (SSSR count). The van der Waals surface area contributed by atoms with Crippen LogP contribution in [0.5, 0.6) is 5.75 Å². The van der Waals surface area contributed by atoms with Gasteiger partial charge in [-0.2, -0.15) is 22.0 Å². The fourth-order valence-electron chi connectivity index (χ4n) is 1.10. The first-order valence-electron chi connectivity index (χ1n) is 4.26. The molecular weight excluding hydrogens is 348 g/mol. The number of alkyl halides is 5. The third-order valence-corrected chi connectivity index (χ3v) is 2.73. The Bertz CT molecular complexity index is 426. The summed E-state index contributed by atoms with van der Waals surface area (Å²) in [5.41, 5.74) is 4.47. The first-order valence-corrected chi connectivity index (χ1v) is 5.05. The van der Waals surface area contributed by atoms with Crippen LogP contribution in [-0.2, 0) is 0 Å². The molecule has 1 aromatic rings. The van der Waals surface area contributed by atoms with E-state index in [1.165, 1.54) is 0 Å². The van der Waals surface area contributed by atoms with Crippen molar-refractivity contribution in [1.82, 2.24) is 0 Å². The predicted molar refractivity (Wildman–Crippen MR) is 61.0 cm³/mol. The van der Waals surface area contributed by atoms with Gasteiger partial charge in [0, 0.05) is 0 Å². The van der Waals surface area contributed by atoms with Gasteiger partial charge in [0.25, 0.3) is 0 Å². The molecule has 18 heavy (non-hydrogen) atoms. The Kier molecular flexibility index (Phi) is 5.39. The van der Waals surface area contributed by atoms with E-state index in [4.69, 9.17) is 10.8 Å². The highest BCUT2D eigenvalue weighted by Crippen LogP contribution is 2.44. The van der Waals surface area contributed by atoms with Crippen LogP contribution in [0.3, 0.4) is 0 Å². The second-order valence-corrected chi connectivity index (χ2v) is 4.16. The molecule has 9 heteroatoms. The van der Waals surface area contributed by atoms with E-state index in [9.17, 15) is 22.0 Å². The van der Waals surface area contributed by atoms with Crippen LogP contribution in [-0.4, -0.2) is 17.2 Å². The normalized spacial score (nSPS) is 13.9. The van der Waals surface area contributed by atoms with Crippen LogP contribution in [0.2, 0.25) is 0 Å². The van der Waals surface area contributed by atoms with Crippen molar-refractivity contribution in [3.05, 3.63) is 28.2 Å². The van der Waals surface area contributed by atoms with Crippen molar-refractivity contribution in [1.29, 1.82) is 0 Å². The van der Waals surface area contributed by atoms with Crippen molar-refractivity contribution in [3.63, 3.8) is 0 Å². The van der Waals surface area contributed by atoms with Crippen LogP contribution in [0.15, 0.2) is 22.7 Å². The molecule has 0 aromatic heterocycles. The summed E-state index contributed by atoms with van der Waals surface area (Å²) in [6.07, 6.45) is -5.73. The number of hydrogen-bond donors (Lipinski definition) is 2. The lowest BCUT2D eigenvalue weighted by Crippen LogP contribution is -2.45. The van der Waals surface area contributed by atoms with Gasteiger partial charge in [-0.3, -0.25) is 0 Å². The second kappa shape index (κ2) is 5.58. The van der Waals surface area contributed by atoms with Gasteiger partial charge in [0.2, 0.25) is 0 Å². The highest BCUT2D eigenvalue weighted by atomic mass is 79.9. The largest absolute Gasteiger partial charge is 0.507 e. The summed E-state index contributed by atoms with van der Waals surface area (Å²) in [6.45, 7) is 0. The van der Waals surface area contributed by atoms with E-state index in [1.54, 1.807) is 0 Å². The number of halogens is 7. The standard InChI is InChI=1S/C9H7BrF5NO.ClH/c10-5-3-4(1-2-6(5)17)7(16)8(11,12)9(13,14)15;/h1-3,7,17H,16H2;1H/t7-;/m1./s1. The van der Waals surface area contributed by atoms with Crippen molar-refractivity contribution >= 4 is 28.3 Å². The fourth-order valence-corrected chi connectivity index (χ4v) is 1.50. The van der Waals surface area contributed by atoms with E-state index in [1.807, 2.05) is 0 Å². The fraction of sp³-hybridized carbons (Fsp3) is 0.333. The topological polar surface area (TPSA) is 46.2 Å². The highest BCUT2D eigenvalue weighted by Gasteiger charge is 2.61. The summed E-state index contributed by atoms with van der Waals surface area (Å²) >= 11 is 2.80. The first kappa shape index (κ1) is 17.4. The molecule has 0 unspecified atom stereocenters. The molecule has 0 amide bonds. The lowest BCUT2D eigenvalue weighted by atomic mass is 10.0. The first-order chi connectivity index (χ1) is 7.57. The molecule has 1 aromatic carbocycles. The van der Waals surface area contributed by atoms with E-state index in [0.717, 1.165) is 18.2 Å². The molecule has 1 atom stereocenters. The van der Waals surface area contributed by atoms with Gasteiger partial charge >= 0.3 is 12.1 Å². The molecule has 2 nitrogen and oxygen atoms in total. The number of benzene rings is 1. The molecule has 0 saturated carbocycles. The van der Waals surface area contributed by atoms with Gasteiger partial charge in [-0.15, -0.1) is 12.4 Å². The summed E-state index contributed by atoms with van der Waals surface area (Å²) < 4.78 is 62.0. The Balaban J connectivity index is 0.00000289. The van der Waals surface area contributed by atoms with Crippen molar-refractivity contribution < 1.29 is 27.1 Å². The molecule has 3 N–H and O–H groups in total. The van der Waals surface area contributed by atoms with Gasteiger partial charge in [0.05, 0.1) is 4.47 Å². The molecule has 0 bridgehead atoms. The molecular formula is C9H8BrClF5NO. The number of aromatic hydroxyl groups is 1. The van der Waals surface area contributed by atoms with Crippen LogP contribution < -0.4 is 5.73 Å². The summed E-state index contributed by atoms with van der Waals surface area (Å²) in [7, 11) is 0. The molecule has 104 valence electrons. The van der Waals surface area contributed by atoms with Gasteiger partial charge in [-0.05, 0) is 33.6 Å². The Morgan fingerprint density at radius 3 is 2.06 bits per heavy atom. The highest BCUT2D eigenvalue weighted by molar-refractivity contribution is 9.10. The molecule has 0 fully saturated rings. The number of hydrogen-bond acceptors (Lipinski definition) is 2. The lowest BCUT2D eigenvalue weighted by Gasteiger charge is -2.26. The maximum Gasteiger partial charge on any atom is 0.455 e. The summed E-state index contributed by atoms with van der Waals surface area (Å²) in [6, 6.07) is 0.273. The minimum absolute atomic E-state index is 0. The zero-order chi connectivity index (χ0) is 13.4. The smallest absolute Gasteiger partial charge is 0.455 e. The Morgan fingerprint density at radius 2 is 1.67 bits per heavy atom. The minimum Gasteiger partial charge on any atom is -0.507 e. The maximum absolute atomic E-state index is 12.9. The van der Waals surface area contributed by atoms with Crippen molar-refractivity contribution in [2.75, 3.05) is 0 Å². The SMILES string of the molecule is Cl.N[C@H](c1ccc(O)c(Br)c1)C(F)(F)C(F)(F)F. The van der Waals surface area contributed by atoms with Gasteiger partial charge in [0.15, 0.2) is 0 Å². The van der Waals surface area contributed by atoms with E-state index >= 15 is 0 Å². The zero-order valence-corrected chi connectivity index (χ0v) is 10.9. The zero-order valence-electron chi connectivity index (χ0n) is 8.51. The van der Waals surface area contributed by atoms with Crippen LogP contribution in [0.25, 0.3) is 0 Å².